The Morgan fingerprint density at radius 2 is 1.25 bits per heavy atom. The van der Waals surface area contributed by atoms with Crippen LogP contribution in [0.5, 0.6) is 0 Å². The number of hydrogen-bond acceptors (Lipinski definition) is 2. The zero-order chi connectivity index (χ0) is 9.42. The third-order valence-corrected chi connectivity index (χ3v) is 2.89. The van der Waals surface area contributed by atoms with E-state index in [0.717, 1.165) is 10.1 Å². The van der Waals surface area contributed by atoms with Gasteiger partial charge in [-0.3, -0.25) is 5.41 Å². The summed E-state index contributed by atoms with van der Waals surface area (Å²) in [7, 11) is 0. The maximum Gasteiger partial charge on any atom is 0.133 e. The Bertz CT molecular complexity index is 504. The molecule has 0 unspecified atom stereocenters. The molecule has 0 bridgehead atoms. The first-order valence-corrected chi connectivity index (χ1v) is 4.52. The van der Waals surface area contributed by atoms with Crippen molar-refractivity contribution in [1.29, 1.82) is 5.41 Å². The maximum absolute atomic E-state index is 12.8. The first-order chi connectivity index (χ1) is 6.16. The summed E-state index contributed by atoms with van der Waals surface area (Å²) in [6.07, 6.45) is 0. The zero-order valence-corrected chi connectivity index (χ0v) is 13.7. The molecule has 24 heavy (non-hydrogen) atoms. The van der Waals surface area contributed by atoms with Crippen LogP contribution in [0.1, 0.15) is 4.88 Å². The normalized spacial score (nSPS) is 5.71. The van der Waals surface area contributed by atoms with E-state index in [1.807, 2.05) is 0 Å². The van der Waals surface area contributed by atoms with E-state index in [-0.39, 0.29) is 78.8 Å². The van der Waals surface area contributed by atoms with Crippen LogP contribution in [0.15, 0.2) is 24.3 Å². The monoisotopic (exact) mass is 410 g/mol. The van der Waals surface area contributed by atoms with Crippen LogP contribution in [-0.4, -0.2) is 60.6 Å². The van der Waals surface area contributed by atoms with Crippen molar-refractivity contribution in [2.75, 3.05) is 0 Å². The number of thiophene rings is 1. The third-order valence-electron chi connectivity index (χ3n) is 1.74. The van der Waals surface area contributed by atoms with Crippen LogP contribution in [0, 0.1) is 11.2 Å². The van der Waals surface area contributed by atoms with E-state index >= 15 is 0 Å². The van der Waals surface area contributed by atoms with E-state index in [0.29, 0.717) is 4.88 Å². The highest BCUT2D eigenvalue weighted by Gasteiger charge is 2.04. The fourth-order valence-electron chi connectivity index (χ4n) is 1.15. The molecule has 0 aliphatic heterocycles. The summed E-state index contributed by atoms with van der Waals surface area (Å²) in [6, 6.07) is 6.27. The molecule has 0 fully saturated rings. The van der Waals surface area contributed by atoms with Gasteiger partial charge in [-0.05, 0) is 29.7 Å². The largest absolute Gasteiger partial charge is 0.412 e. The van der Waals surface area contributed by atoms with E-state index < -0.39 is 0 Å². The van der Waals surface area contributed by atoms with Crippen LogP contribution < -0.4 is 5.73 Å². The molecule has 1 heterocycles. The number of benzene rings is 1. The molecule has 1 aromatic heterocycles. The average Bonchev–Trinajstić information content (AvgIpc) is 2.46. The highest BCUT2D eigenvalue weighted by molar-refractivity contribution is 7.20. The smallest absolute Gasteiger partial charge is 0.133 e. The van der Waals surface area contributed by atoms with Crippen molar-refractivity contribution < 1.29 is 59.2 Å². The molecule has 23 N–H and O–H groups in total. The van der Waals surface area contributed by atoms with E-state index in [4.69, 9.17) is 11.1 Å². The first-order valence-electron chi connectivity index (χ1n) is 3.70. The molecule has 0 amide bonds. The SMILES string of the molecule is Cl.N=C(N)c1cc2cc(F)ccc2s1.O.O.O.O.O.O.O.O.O.O. The molecule has 0 radical (unpaired) electrons. The second kappa shape index (κ2) is 26.4. The number of rotatable bonds is 1. The van der Waals surface area contributed by atoms with Crippen molar-refractivity contribution in [1.82, 2.24) is 0 Å². The molecule has 2 rings (SSSR count). The summed E-state index contributed by atoms with van der Waals surface area (Å²) in [5, 5.41) is 8.02. The van der Waals surface area contributed by atoms with Gasteiger partial charge in [0.25, 0.3) is 0 Å². The minimum atomic E-state index is -0.264. The van der Waals surface area contributed by atoms with Crippen LogP contribution in [0.2, 0.25) is 0 Å². The van der Waals surface area contributed by atoms with E-state index in [2.05, 4.69) is 0 Å². The average molecular weight is 411 g/mol. The predicted molar refractivity (Wildman–Crippen MR) is 96.2 cm³/mol. The van der Waals surface area contributed by atoms with Crippen LogP contribution in [0.4, 0.5) is 4.39 Å². The van der Waals surface area contributed by atoms with Crippen LogP contribution >= 0.6 is 23.7 Å². The molecular formula is C9H28ClFN2O10S. The minimum absolute atomic E-state index is 0. The standard InChI is InChI=1S/C9H7FN2S.ClH.10H2O/c10-6-1-2-7-5(3-6)4-8(13-7)9(11)12;;;;;;;;;;;/h1-4H,(H3,11,12);1H;10*1H2. The van der Waals surface area contributed by atoms with E-state index in [1.54, 1.807) is 12.1 Å². The lowest BCUT2D eigenvalue weighted by Crippen LogP contribution is -2.08. The number of hydrogen-bond donors (Lipinski definition) is 2. The number of nitrogen functional groups attached to an aromatic ring is 1. The predicted octanol–water partition coefficient (Wildman–Crippen LogP) is -5.50. The van der Waals surface area contributed by atoms with Crippen LogP contribution in [-0.2, 0) is 0 Å². The van der Waals surface area contributed by atoms with Gasteiger partial charge in [0, 0.05) is 4.70 Å². The van der Waals surface area contributed by atoms with E-state index in [9.17, 15) is 4.39 Å². The molecule has 12 nitrogen and oxygen atoms in total. The number of fused-ring (bicyclic) bond motifs is 1. The summed E-state index contributed by atoms with van der Waals surface area (Å²) >= 11 is 1.40. The quantitative estimate of drug-likeness (QED) is 0.336. The summed E-state index contributed by atoms with van der Waals surface area (Å²) in [5.74, 6) is -0.234. The first kappa shape index (κ1) is 66.6. The van der Waals surface area contributed by atoms with Crippen LogP contribution in [0.3, 0.4) is 0 Å². The minimum Gasteiger partial charge on any atom is -0.412 e. The number of amidine groups is 1. The lowest BCUT2D eigenvalue weighted by Gasteiger charge is -1.86. The van der Waals surface area contributed by atoms with Gasteiger partial charge in [0.15, 0.2) is 0 Å². The fourth-order valence-corrected chi connectivity index (χ4v) is 2.05. The van der Waals surface area contributed by atoms with Gasteiger partial charge in [-0.2, -0.15) is 0 Å². The second-order valence-electron chi connectivity index (χ2n) is 2.71. The molecule has 15 heteroatoms. The summed E-state index contributed by atoms with van der Waals surface area (Å²) in [6.45, 7) is 0. The lowest BCUT2D eigenvalue weighted by molar-refractivity contribution is 0.630. The molecule has 154 valence electrons. The summed E-state index contributed by atoms with van der Waals surface area (Å²) < 4.78 is 13.7. The molecule has 0 aliphatic carbocycles. The Morgan fingerprint density at radius 1 is 0.833 bits per heavy atom. The fraction of sp³-hybridized carbons (Fsp3) is 0. The summed E-state index contributed by atoms with van der Waals surface area (Å²) in [5.41, 5.74) is 5.32. The van der Waals surface area contributed by atoms with Crippen molar-refractivity contribution in [2.24, 2.45) is 5.73 Å². The van der Waals surface area contributed by atoms with Gasteiger partial charge in [-0.15, -0.1) is 23.7 Å². The highest BCUT2D eigenvalue weighted by atomic mass is 35.5. The molecule has 0 saturated heterocycles. The van der Waals surface area contributed by atoms with Gasteiger partial charge < -0.3 is 60.5 Å². The molecule has 0 atom stereocenters. The number of nitrogens with one attached hydrogen (secondary N) is 1. The number of nitrogens with two attached hydrogens (primary N) is 1. The molecule has 1 aromatic carbocycles. The van der Waals surface area contributed by atoms with Gasteiger partial charge in [-0.25, -0.2) is 4.39 Å². The molecule has 0 spiro atoms. The van der Waals surface area contributed by atoms with Gasteiger partial charge in [-0.1, -0.05) is 0 Å². The van der Waals surface area contributed by atoms with Crippen molar-refractivity contribution in [3.63, 3.8) is 0 Å². The van der Waals surface area contributed by atoms with Gasteiger partial charge >= 0.3 is 0 Å². The lowest BCUT2D eigenvalue weighted by atomic mass is 10.2. The Morgan fingerprint density at radius 3 is 1.62 bits per heavy atom. The Hall–Kier alpha value is -1.53. The Kier molecular flexibility index (Phi) is 73.2. The third kappa shape index (κ3) is 14.1. The molecule has 0 saturated carbocycles. The zero-order valence-electron chi connectivity index (χ0n) is 12.1. The molecular weight excluding hydrogens is 383 g/mol. The van der Waals surface area contributed by atoms with Crippen LogP contribution in [0.25, 0.3) is 10.1 Å². The Balaban J connectivity index is -0.0000000223. The summed E-state index contributed by atoms with van der Waals surface area (Å²) in [4.78, 5) is 0.681. The maximum atomic E-state index is 12.8. The van der Waals surface area contributed by atoms with Gasteiger partial charge in [0.2, 0.25) is 0 Å². The second-order valence-corrected chi connectivity index (χ2v) is 3.79. The van der Waals surface area contributed by atoms with Gasteiger partial charge in [0.1, 0.15) is 11.7 Å². The molecule has 2 aromatic rings. The highest BCUT2D eigenvalue weighted by Crippen LogP contribution is 2.25. The van der Waals surface area contributed by atoms with Gasteiger partial charge in [0.05, 0.1) is 4.88 Å². The van der Waals surface area contributed by atoms with Crippen molar-refractivity contribution in [3.05, 3.63) is 35.0 Å². The Labute approximate surface area is 145 Å². The van der Waals surface area contributed by atoms with Crippen molar-refractivity contribution in [3.8, 4) is 0 Å². The topological polar surface area (TPSA) is 365 Å². The van der Waals surface area contributed by atoms with Crippen molar-refractivity contribution in [2.45, 2.75) is 0 Å². The van der Waals surface area contributed by atoms with E-state index in [1.165, 1.54) is 23.5 Å². The molecule has 0 aliphatic rings. The number of halogens is 2. The van der Waals surface area contributed by atoms with Crippen molar-refractivity contribution >= 4 is 39.7 Å².